The molecule has 0 aromatic carbocycles. The average Bonchev–Trinajstić information content (AvgIpc) is 2.51. The van der Waals surface area contributed by atoms with Gasteiger partial charge in [-0.15, -0.1) is 0 Å². The molecule has 1 aliphatic rings. The number of rotatable bonds is 2. The number of aryl methyl sites for hydroxylation is 1. The van der Waals surface area contributed by atoms with Gasteiger partial charge >= 0.3 is 0 Å². The molecule has 3 heterocycles. The van der Waals surface area contributed by atoms with Gasteiger partial charge in [-0.3, -0.25) is 9.59 Å². The topological polar surface area (TPSA) is 86.2 Å². The lowest BCUT2D eigenvalue weighted by Crippen LogP contribution is -2.31. The number of aromatic amines is 1. The molecule has 2 aromatic heterocycles. The molecule has 0 bridgehead atoms. The summed E-state index contributed by atoms with van der Waals surface area (Å²) in [7, 11) is 2.79. The molecule has 1 fully saturated rings. The van der Waals surface area contributed by atoms with Gasteiger partial charge in [0, 0.05) is 31.2 Å². The van der Waals surface area contributed by atoms with E-state index >= 15 is 0 Å². The van der Waals surface area contributed by atoms with Crippen LogP contribution >= 0.6 is 0 Å². The van der Waals surface area contributed by atoms with Crippen molar-refractivity contribution in [3.05, 3.63) is 32.6 Å². The van der Waals surface area contributed by atoms with E-state index in [1.165, 1.54) is 20.4 Å². The summed E-state index contributed by atoms with van der Waals surface area (Å²) in [6, 6.07) is 0. The number of nitrogens with one attached hydrogen (secondary N) is 1. The van der Waals surface area contributed by atoms with Gasteiger partial charge in [0.05, 0.1) is 24.8 Å². The molecule has 2 aromatic rings. The molecule has 118 valence electrons. The van der Waals surface area contributed by atoms with Gasteiger partial charge in [0.15, 0.2) is 5.75 Å². The van der Waals surface area contributed by atoms with E-state index < -0.39 is 23.2 Å². The Kier molecular flexibility index (Phi) is 3.69. The van der Waals surface area contributed by atoms with Crippen molar-refractivity contribution in [3.63, 3.8) is 0 Å². The number of hydrogen-bond acceptors (Lipinski definition) is 5. The van der Waals surface area contributed by atoms with Crippen LogP contribution in [0.1, 0.15) is 18.0 Å². The van der Waals surface area contributed by atoms with E-state index in [-0.39, 0.29) is 17.7 Å². The summed E-state index contributed by atoms with van der Waals surface area (Å²) in [5, 5.41) is 4.74. The smallest absolute Gasteiger partial charge is 0.291 e. The van der Waals surface area contributed by atoms with E-state index in [2.05, 4.69) is 10.1 Å². The Morgan fingerprint density at radius 1 is 1.50 bits per heavy atom. The van der Waals surface area contributed by atoms with Crippen molar-refractivity contribution in [2.45, 2.75) is 18.5 Å². The second kappa shape index (κ2) is 5.53. The Balaban J connectivity index is 2.35. The molecular weight excluding hydrogens is 293 g/mol. The van der Waals surface area contributed by atoms with Gasteiger partial charge in [-0.25, -0.2) is 9.07 Å². The van der Waals surface area contributed by atoms with Gasteiger partial charge in [-0.2, -0.15) is 5.10 Å². The number of fused-ring (bicyclic) bond motifs is 1. The van der Waals surface area contributed by atoms with Crippen molar-refractivity contribution >= 4 is 10.8 Å². The molecule has 1 saturated heterocycles. The fourth-order valence-electron chi connectivity index (χ4n) is 2.83. The molecule has 0 unspecified atom stereocenters. The normalized spacial score (nSPS) is 22.0. The highest BCUT2D eigenvalue weighted by Gasteiger charge is 2.31. The summed E-state index contributed by atoms with van der Waals surface area (Å²) < 4.78 is 25.5. The van der Waals surface area contributed by atoms with Gasteiger partial charge in [0.2, 0.25) is 0 Å². The summed E-state index contributed by atoms with van der Waals surface area (Å²) in [5.74, 6) is -0.567. The van der Waals surface area contributed by atoms with Crippen molar-refractivity contribution < 1.29 is 13.9 Å². The molecule has 0 spiro atoms. The maximum atomic E-state index is 14.2. The number of hydrogen-bond donors (Lipinski definition) is 1. The standard InChI is InChI=1S/C14H16FN3O4/c1-18-14(20)10-8(5-16-13(19)12(10)21-2)11(17-18)7-3-4-22-6-9(7)15/h5,7,9H,3-4,6H2,1-2H3,(H,16,19)/t7-,9-/m0/s1. The van der Waals surface area contributed by atoms with Crippen molar-refractivity contribution in [1.82, 2.24) is 14.8 Å². The van der Waals surface area contributed by atoms with Gasteiger partial charge in [-0.05, 0) is 6.42 Å². The zero-order chi connectivity index (χ0) is 15.9. The van der Waals surface area contributed by atoms with Crippen LogP contribution in [0.4, 0.5) is 4.39 Å². The fourth-order valence-corrected chi connectivity index (χ4v) is 2.83. The second-order valence-electron chi connectivity index (χ2n) is 5.24. The largest absolute Gasteiger partial charge is 0.490 e. The minimum atomic E-state index is -1.21. The highest BCUT2D eigenvalue weighted by Crippen LogP contribution is 2.32. The molecule has 7 nitrogen and oxygen atoms in total. The number of methoxy groups -OCH3 is 1. The molecule has 22 heavy (non-hydrogen) atoms. The van der Waals surface area contributed by atoms with Crippen LogP contribution in [-0.4, -0.2) is 41.3 Å². The zero-order valence-corrected chi connectivity index (χ0v) is 12.3. The Morgan fingerprint density at radius 3 is 2.95 bits per heavy atom. The number of alkyl halides is 1. The Bertz CT molecular complexity index is 829. The second-order valence-corrected chi connectivity index (χ2v) is 5.24. The number of halogens is 1. The third kappa shape index (κ3) is 2.19. The van der Waals surface area contributed by atoms with E-state index in [0.717, 1.165) is 4.68 Å². The monoisotopic (exact) mass is 309 g/mol. The van der Waals surface area contributed by atoms with Crippen molar-refractivity contribution in [2.24, 2.45) is 7.05 Å². The van der Waals surface area contributed by atoms with Crippen LogP contribution < -0.4 is 15.9 Å². The lowest BCUT2D eigenvalue weighted by atomic mass is 9.92. The Morgan fingerprint density at radius 2 is 2.27 bits per heavy atom. The maximum Gasteiger partial charge on any atom is 0.291 e. The van der Waals surface area contributed by atoms with Crippen molar-refractivity contribution in [3.8, 4) is 5.75 Å². The zero-order valence-electron chi connectivity index (χ0n) is 12.3. The molecule has 0 saturated carbocycles. The molecule has 1 aliphatic heterocycles. The molecule has 0 radical (unpaired) electrons. The summed E-state index contributed by atoms with van der Waals surface area (Å²) in [6.07, 6.45) is 0.648. The van der Waals surface area contributed by atoms with Crippen molar-refractivity contribution in [2.75, 3.05) is 20.3 Å². The van der Waals surface area contributed by atoms with Crippen molar-refractivity contribution in [1.29, 1.82) is 0 Å². The van der Waals surface area contributed by atoms with Gasteiger partial charge in [-0.1, -0.05) is 0 Å². The fraction of sp³-hybridized carbons (Fsp3) is 0.500. The number of ether oxygens (including phenoxy) is 2. The van der Waals surface area contributed by atoms with Gasteiger partial charge < -0.3 is 14.5 Å². The molecule has 1 N–H and O–H groups in total. The van der Waals surface area contributed by atoms with E-state index in [0.29, 0.717) is 24.1 Å². The molecule has 3 rings (SSSR count). The number of H-pyrrole nitrogens is 1. The Labute approximate surface area is 124 Å². The van der Waals surface area contributed by atoms with E-state index in [4.69, 9.17) is 9.47 Å². The van der Waals surface area contributed by atoms with Gasteiger partial charge in [0.1, 0.15) is 6.17 Å². The minimum absolute atomic E-state index is 0.00281. The third-order valence-electron chi connectivity index (χ3n) is 3.93. The first-order valence-corrected chi connectivity index (χ1v) is 6.93. The Hall–Kier alpha value is -2.22. The van der Waals surface area contributed by atoms with E-state index in [9.17, 15) is 14.0 Å². The molecular formula is C14H16FN3O4. The van der Waals surface area contributed by atoms with E-state index in [1.54, 1.807) is 0 Å². The highest BCUT2D eigenvalue weighted by molar-refractivity contribution is 5.88. The SMILES string of the molecule is COc1c(=O)[nH]cc2c([C@H]3CCOC[C@@H]3F)nn(C)c(=O)c12. The van der Waals surface area contributed by atoms with Crippen LogP contribution in [0.2, 0.25) is 0 Å². The maximum absolute atomic E-state index is 14.2. The van der Waals surface area contributed by atoms with Crippen LogP contribution in [0, 0.1) is 0 Å². The van der Waals surface area contributed by atoms with Crippen LogP contribution in [0.25, 0.3) is 10.8 Å². The molecule has 8 heteroatoms. The minimum Gasteiger partial charge on any atom is -0.490 e. The predicted molar refractivity (Wildman–Crippen MR) is 77.2 cm³/mol. The van der Waals surface area contributed by atoms with Crippen LogP contribution in [0.5, 0.6) is 5.75 Å². The third-order valence-corrected chi connectivity index (χ3v) is 3.93. The molecule has 0 amide bonds. The number of nitrogens with zero attached hydrogens (tertiary/aromatic N) is 2. The van der Waals surface area contributed by atoms with E-state index in [1.807, 2.05) is 0 Å². The lowest BCUT2D eigenvalue weighted by molar-refractivity contribution is 0.0209. The van der Waals surface area contributed by atoms with Crippen LogP contribution in [-0.2, 0) is 11.8 Å². The number of pyridine rings is 1. The summed E-state index contributed by atoms with van der Waals surface area (Å²) >= 11 is 0. The summed E-state index contributed by atoms with van der Waals surface area (Å²) in [6.45, 7) is 0.425. The van der Waals surface area contributed by atoms with Gasteiger partial charge in [0.25, 0.3) is 11.1 Å². The average molecular weight is 309 g/mol. The van der Waals surface area contributed by atoms with Crippen LogP contribution in [0.3, 0.4) is 0 Å². The lowest BCUT2D eigenvalue weighted by Gasteiger charge is -2.26. The summed E-state index contributed by atoms with van der Waals surface area (Å²) in [4.78, 5) is 26.7. The quantitative estimate of drug-likeness (QED) is 0.871. The molecule has 0 aliphatic carbocycles. The first-order chi connectivity index (χ1) is 10.5. The molecule has 2 atom stereocenters. The number of aromatic nitrogens is 3. The predicted octanol–water partition coefficient (Wildman–Crippen LogP) is 0.472. The van der Waals surface area contributed by atoms with Crippen LogP contribution in [0.15, 0.2) is 15.8 Å². The first kappa shape index (κ1) is 14.7. The highest BCUT2D eigenvalue weighted by atomic mass is 19.1. The first-order valence-electron chi connectivity index (χ1n) is 6.93. The summed E-state index contributed by atoms with van der Waals surface area (Å²) in [5.41, 5.74) is -0.528.